The summed E-state index contributed by atoms with van der Waals surface area (Å²) in [6, 6.07) is 16.7. The summed E-state index contributed by atoms with van der Waals surface area (Å²) in [5, 5.41) is 2.88. The zero-order valence-electron chi connectivity index (χ0n) is 17.3. The van der Waals surface area contributed by atoms with Crippen LogP contribution in [0, 0.1) is 0 Å². The number of halogens is 2. The number of nitrogens with zero attached hydrogens (tertiary/aromatic N) is 2. The Balaban J connectivity index is 1.33. The molecular weight excluding hydrogens is 416 g/mol. The number of hydrogen-bond acceptors (Lipinski definition) is 4. The van der Waals surface area contributed by atoms with Crippen molar-refractivity contribution in [2.75, 3.05) is 13.1 Å². The standard InChI is InChI=1S/C24H23F2N3O3/c25-19-10-11-29(14-20(19)26)24(31)21-15-32-23(28-21)18-8-6-17(7-9-18)13-27-22(30)12-16-4-2-1-3-5-16/h1-9,15,19-20H,10-14H2,(H,27,30). The summed E-state index contributed by atoms with van der Waals surface area (Å²) in [4.78, 5) is 30.1. The lowest BCUT2D eigenvalue weighted by Crippen LogP contribution is -2.45. The van der Waals surface area contributed by atoms with E-state index in [1.807, 2.05) is 42.5 Å². The van der Waals surface area contributed by atoms with E-state index >= 15 is 0 Å². The molecule has 2 atom stereocenters. The summed E-state index contributed by atoms with van der Waals surface area (Å²) in [6.07, 6.45) is -1.70. The Hall–Kier alpha value is -3.55. The van der Waals surface area contributed by atoms with E-state index in [0.717, 1.165) is 11.1 Å². The molecule has 1 fully saturated rings. The van der Waals surface area contributed by atoms with Crippen LogP contribution in [0.2, 0.25) is 0 Å². The van der Waals surface area contributed by atoms with Crippen molar-refractivity contribution in [3.63, 3.8) is 0 Å². The molecule has 1 N–H and O–H groups in total. The van der Waals surface area contributed by atoms with E-state index in [-0.39, 0.29) is 37.0 Å². The first kappa shape index (κ1) is 21.7. The van der Waals surface area contributed by atoms with Crippen LogP contribution in [-0.2, 0) is 17.8 Å². The smallest absolute Gasteiger partial charge is 0.275 e. The zero-order chi connectivity index (χ0) is 22.5. The molecule has 2 aromatic carbocycles. The number of alkyl halides is 2. The summed E-state index contributed by atoms with van der Waals surface area (Å²) in [5.74, 6) is -0.291. The average molecular weight is 439 g/mol. The van der Waals surface area contributed by atoms with Crippen molar-refractivity contribution in [3.05, 3.63) is 77.7 Å². The highest BCUT2D eigenvalue weighted by atomic mass is 19.2. The molecule has 1 aliphatic rings. The van der Waals surface area contributed by atoms with Gasteiger partial charge in [-0.2, -0.15) is 0 Å². The average Bonchev–Trinajstić information content (AvgIpc) is 3.30. The maximum atomic E-state index is 13.6. The van der Waals surface area contributed by atoms with Crippen molar-refractivity contribution in [3.8, 4) is 11.5 Å². The highest BCUT2D eigenvalue weighted by Crippen LogP contribution is 2.22. The number of aromatic nitrogens is 1. The van der Waals surface area contributed by atoms with Crippen molar-refractivity contribution in [2.24, 2.45) is 0 Å². The molecule has 8 heteroatoms. The normalized spacial score (nSPS) is 18.4. The Kier molecular flexibility index (Phi) is 6.58. The Morgan fingerprint density at radius 2 is 1.78 bits per heavy atom. The zero-order valence-corrected chi connectivity index (χ0v) is 17.3. The first-order chi connectivity index (χ1) is 15.5. The summed E-state index contributed by atoms with van der Waals surface area (Å²) in [6.45, 7) is 0.246. The number of piperidine rings is 1. The molecule has 32 heavy (non-hydrogen) atoms. The fourth-order valence-corrected chi connectivity index (χ4v) is 3.54. The lowest BCUT2D eigenvalue weighted by molar-refractivity contribution is -0.120. The van der Waals surface area contributed by atoms with E-state index < -0.39 is 18.3 Å². The van der Waals surface area contributed by atoms with Gasteiger partial charge in [0.1, 0.15) is 18.6 Å². The minimum Gasteiger partial charge on any atom is -0.444 e. The van der Waals surface area contributed by atoms with Crippen LogP contribution in [0.1, 0.15) is 28.0 Å². The molecule has 2 amide bonds. The molecule has 1 saturated heterocycles. The second-order valence-electron chi connectivity index (χ2n) is 7.75. The van der Waals surface area contributed by atoms with Gasteiger partial charge in [-0.15, -0.1) is 0 Å². The molecule has 1 aromatic heterocycles. The fraction of sp³-hybridized carbons (Fsp3) is 0.292. The molecule has 4 rings (SSSR count). The van der Waals surface area contributed by atoms with Crippen molar-refractivity contribution in [1.82, 2.24) is 15.2 Å². The number of nitrogens with one attached hydrogen (secondary N) is 1. The number of oxazole rings is 1. The van der Waals surface area contributed by atoms with Crippen LogP contribution in [0.25, 0.3) is 11.5 Å². The van der Waals surface area contributed by atoms with Gasteiger partial charge >= 0.3 is 0 Å². The molecule has 0 bridgehead atoms. The Bertz CT molecular complexity index is 1070. The molecule has 0 spiro atoms. The van der Waals surface area contributed by atoms with Crippen molar-refractivity contribution in [1.29, 1.82) is 0 Å². The number of carbonyl (C=O) groups is 2. The van der Waals surface area contributed by atoms with Gasteiger partial charge < -0.3 is 14.6 Å². The Morgan fingerprint density at radius 1 is 1.03 bits per heavy atom. The number of amides is 2. The molecule has 2 unspecified atom stereocenters. The van der Waals surface area contributed by atoms with E-state index in [1.54, 1.807) is 12.1 Å². The number of rotatable bonds is 6. The lowest BCUT2D eigenvalue weighted by Gasteiger charge is -2.30. The van der Waals surface area contributed by atoms with Crippen LogP contribution in [0.4, 0.5) is 8.78 Å². The van der Waals surface area contributed by atoms with E-state index in [4.69, 9.17) is 4.42 Å². The number of hydrogen-bond donors (Lipinski definition) is 1. The number of likely N-dealkylation sites (tertiary alicyclic amines) is 1. The SMILES string of the molecule is O=C(Cc1ccccc1)NCc1ccc(-c2nc(C(=O)N3CCC(F)C(F)C3)co2)cc1. The van der Waals surface area contributed by atoms with Crippen molar-refractivity contribution >= 4 is 11.8 Å². The van der Waals surface area contributed by atoms with Gasteiger partial charge in [-0.25, -0.2) is 13.8 Å². The van der Waals surface area contributed by atoms with Gasteiger partial charge in [0, 0.05) is 18.7 Å². The topological polar surface area (TPSA) is 75.4 Å². The van der Waals surface area contributed by atoms with Crippen molar-refractivity contribution in [2.45, 2.75) is 31.7 Å². The maximum Gasteiger partial charge on any atom is 0.275 e. The first-order valence-electron chi connectivity index (χ1n) is 10.4. The van der Waals surface area contributed by atoms with E-state index in [2.05, 4.69) is 10.3 Å². The number of benzene rings is 2. The largest absolute Gasteiger partial charge is 0.444 e. The van der Waals surface area contributed by atoms with Gasteiger partial charge in [-0.05, 0) is 29.7 Å². The third kappa shape index (κ3) is 5.19. The third-order valence-corrected chi connectivity index (χ3v) is 5.37. The van der Waals surface area contributed by atoms with Crippen LogP contribution >= 0.6 is 0 Å². The van der Waals surface area contributed by atoms with Gasteiger partial charge in [0.05, 0.1) is 13.0 Å². The summed E-state index contributed by atoms with van der Waals surface area (Å²) in [5.41, 5.74) is 2.57. The number of carbonyl (C=O) groups excluding carboxylic acids is 2. The van der Waals surface area contributed by atoms with Crippen molar-refractivity contribution < 1.29 is 22.8 Å². The minimum absolute atomic E-state index is 0.0268. The van der Waals surface area contributed by atoms with Crippen LogP contribution in [0.5, 0.6) is 0 Å². The molecule has 2 heterocycles. The second kappa shape index (κ2) is 9.72. The summed E-state index contributed by atoms with van der Waals surface area (Å²) < 4.78 is 32.3. The Morgan fingerprint density at radius 3 is 2.50 bits per heavy atom. The van der Waals surface area contributed by atoms with Gasteiger partial charge in [-0.3, -0.25) is 9.59 Å². The third-order valence-electron chi connectivity index (χ3n) is 5.37. The van der Waals surface area contributed by atoms with Crippen LogP contribution in [-0.4, -0.2) is 47.1 Å². The van der Waals surface area contributed by atoms with Gasteiger partial charge in [-0.1, -0.05) is 42.5 Å². The van der Waals surface area contributed by atoms with E-state index in [1.165, 1.54) is 11.2 Å². The monoisotopic (exact) mass is 439 g/mol. The Labute approximate surface area is 184 Å². The molecule has 1 aliphatic heterocycles. The van der Waals surface area contributed by atoms with Crippen LogP contribution < -0.4 is 5.32 Å². The van der Waals surface area contributed by atoms with Gasteiger partial charge in [0.25, 0.3) is 5.91 Å². The molecule has 6 nitrogen and oxygen atoms in total. The highest BCUT2D eigenvalue weighted by molar-refractivity contribution is 5.92. The molecule has 0 radical (unpaired) electrons. The molecule has 0 aliphatic carbocycles. The molecule has 166 valence electrons. The molecule has 3 aromatic rings. The maximum absolute atomic E-state index is 13.6. The van der Waals surface area contributed by atoms with Crippen LogP contribution in [0.3, 0.4) is 0 Å². The molecular formula is C24H23F2N3O3. The minimum atomic E-state index is -1.68. The lowest BCUT2D eigenvalue weighted by atomic mass is 10.1. The van der Waals surface area contributed by atoms with E-state index in [0.29, 0.717) is 18.5 Å². The second-order valence-corrected chi connectivity index (χ2v) is 7.75. The predicted molar refractivity (Wildman–Crippen MR) is 114 cm³/mol. The van der Waals surface area contributed by atoms with Gasteiger partial charge in [0.15, 0.2) is 5.69 Å². The van der Waals surface area contributed by atoms with E-state index in [9.17, 15) is 18.4 Å². The summed E-state index contributed by atoms with van der Waals surface area (Å²) >= 11 is 0. The highest BCUT2D eigenvalue weighted by Gasteiger charge is 2.32. The first-order valence-corrected chi connectivity index (χ1v) is 10.4. The van der Waals surface area contributed by atoms with Crippen LogP contribution in [0.15, 0.2) is 65.3 Å². The van der Waals surface area contributed by atoms with Gasteiger partial charge in [0.2, 0.25) is 11.8 Å². The molecule has 0 saturated carbocycles. The predicted octanol–water partition coefficient (Wildman–Crippen LogP) is 3.72. The fourth-order valence-electron chi connectivity index (χ4n) is 3.54. The quantitative estimate of drug-likeness (QED) is 0.635. The summed E-state index contributed by atoms with van der Waals surface area (Å²) in [7, 11) is 0.